The minimum Gasteiger partial charge on any atom is -0.396 e. The third-order valence-electron chi connectivity index (χ3n) is 2.43. The summed E-state index contributed by atoms with van der Waals surface area (Å²) < 4.78 is 5.34. The molecule has 96 valence electrons. The SMILES string of the molecule is OCC[C@H](O)C[C@@H](O)COCc1ccccc1. The molecule has 4 heteroatoms. The van der Waals surface area contributed by atoms with E-state index in [1.807, 2.05) is 30.3 Å². The number of rotatable bonds is 8. The summed E-state index contributed by atoms with van der Waals surface area (Å²) >= 11 is 0. The molecule has 1 rings (SSSR count). The Morgan fingerprint density at radius 2 is 1.76 bits per heavy atom. The highest BCUT2D eigenvalue weighted by atomic mass is 16.5. The molecule has 0 radical (unpaired) electrons. The van der Waals surface area contributed by atoms with Crippen LogP contribution in [0, 0.1) is 0 Å². The molecule has 0 aliphatic heterocycles. The van der Waals surface area contributed by atoms with Crippen molar-refractivity contribution < 1.29 is 20.1 Å². The molecule has 3 N–H and O–H groups in total. The number of benzene rings is 1. The summed E-state index contributed by atoms with van der Waals surface area (Å²) in [5.74, 6) is 0. The molecule has 0 aliphatic carbocycles. The highest BCUT2D eigenvalue weighted by Crippen LogP contribution is 2.05. The van der Waals surface area contributed by atoms with Crippen LogP contribution in [0.1, 0.15) is 18.4 Å². The average molecular weight is 240 g/mol. The van der Waals surface area contributed by atoms with Gasteiger partial charge in [-0.3, -0.25) is 0 Å². The number of ether oxygens (including phenoxy) is 1. The molecule has 1 aromatic rings. The third kappa shape index (κ3) is 6.38. The van der Waals surface area contributed by atoms with Gasteiger partial charge in [0.2, 0.25) is 0 Å². The predicted molar refractivity (Wildman–Crippen MR) is 64.4 cm³/mol. The number of hydrogen-bond acceptors (Lipinski definition) is 4. The van der Waals surface area contributed by atoms with Crippen molar-refractivity contribution >= 4 is 0 Å². The van der Waals surface area contributed by atoms with Crippen LogP contribution in [0.2, 0.25) is 0 Å². The first-order valence-electron chi connectivity index (χ1n) is 5.81. The summed E-state index contributed by atoms with van der Waals surface area (Å²) in [5.41, 5.74) is 1.05. The summed E-state index contributed by atoms with van der Waals surface area (Å²) in [6, 6.07) is 9.70. The van der Waals surface area contributed by atoms with E-state index in [4.69, 9.17) is 9.84 Å². The van der Waals surface area contributed by atoms with E-state index in [2.05, 4.69) is 0 Å². The summed E-state index contributed by atoms with van der Waals surface area (Å²) in [4.78, 5) is 0. The van der Waals surface area contributed by atoms with Gasteiger partial charge in [0.1, 0.15) is 0 Å². The molecular formula is C13H20O4. The van der Waals surface area contributed by atoms with Gasteiger partial charge in [-0.2, -0.15) is 0 Å². The number of aliphatic hydroxyl groups is 3. The van der Waals surface area contributed by atoms with Gasteiger partial charge in [0.05, 0.1) is 25.4 Å². The molecule has 2 atom stereocenters. The zero-order chi connectivity index (χ0) is 12.5. The van der Waals surface area contributed by atoms with Crippen molar-refractivity contribution in [2.45, 2.75) is 31.7 Å². The van der Waals surface area contributed by atoms with Crippen LogP contribution in [0.3, 0.4) is 0 Å². The molecule has 0 saturated carbocycles. The molecular weight excluding hydrogens is 220 g/mol. The largest absolute Gasteiger partial charge is 0.396 e. The second-order valence-electron chi connectivity index (χ2n) is 4.06. The lowest BCUT2D eigenvalue weighted by atomic mass is 10.1. The van der Waals surface area contributed by atoms with E-state index in [1.54, 1.807) is 0 Å². The van der Waals surface area contributed by atoms with Gasteiger partial charge in [0, 0.05) is 13.0 Å². The molecule has 1 aromatic carbocycles. The van der Waals surface area contributed by atoms with Gasteiger partial charge in [-0.1, -0.05) is 30.3 Å². The zero-order valence-corrected chi connectivity index (χ0v) is 9.83. The van der Waals surface area contributed by atoms with Gasteiger partial charge in [0.15, 0.2) is 0 Å². The van der Waals surface area contributed by atoms with E-state index in [0.29, 0.717) is 6.61 Å². The van der Waals surface area contributed by atoms with Crippen molar-refractivity contribution in [1.82, 2.24) is 0 Å². The molecule has 0 spiro atoms. The standard InChI is InChI=1S/C13H20O4/c14-7-6-12(15)8-13(16)10-17-9-11-4-2-1-3-5-11/h1-5,12-16H,6-10H2/t12-,13+/m0/s1. The quantitative estimate of drug-likeness (QED) is 0.625. The van der Waals surface area contributed by atoms with Gasteiger partial charge < -0.3 is 20.1 Å². The number of hydrogen-bond donors (Lipinski definition) is 3. The Balaban J connectivity index is 2.14. The van der Waals surface area contributed by atoms with Crippen molar-refractivity contribution in [2.24, 2.45) is 0 Å². The molecule has 0 unspecified atom stereocenters. The van der Waals surface area contributed by atoms with Gasteiger partial charge in [-0.25, -0.2) is 0 Å². The Kier molecular flexibility index (Phi) is 6.81. The van der Waals surface area contributed by atoms with Crippen LogP contribution in [0.5, 0.6) is 0 Å². The molecule has 0 amide bonds. The Labute approximate surface area is 101 Å². The summed E-state index contributed by atoms with van der Waals surface area (Å²) in [5, 5.41) is 27.5. The molecule has 0 aliphatic rings. The minimum absolute atomic E-state index is 0.0707. The maximum atomic E-state index is 9.56. The molecule has 0 heterocycles. The van der Waals surface area contributed by atoms with Crippen molar-refractivity contribution in [2.75, 3.05) is 13.2 Å². The van der Waals surface area contributed by atoms with Crippen LogP contribution < -0.4 is 0 Å². The van der Waals surface area contributed by atoms with Gasteiger partial charge >= 0.3 is 0 Å². The first kappa shape index (κ1) is 14.1. The maximum absolute atomic E-state index is 9.56. The topological polar surface area (TPSA) is 69.9 Å². The van der Waals surface area contributed by atoms with Gasteiger partial charge in [-0.15, -0.1) is 0 Å². The Morgan fingerprint density at radius 1 is 1.06 bits per heavy atom. The van der Waals surface area contributed by atoms with E-state index < -0.39 is 12.2 Å². The molecule has 0 bridgehead atoms. The molecule has 4 nitrogen and oxygen atoms in total. The Hall–Kier alpha value is -0.940. The third-order valence-corrected chi connectivity index (χ3v) is 2.43. The van der Waals surface area contributed by atoms with Crippen LogP contribution in [0.25, 0.3) is 0 Å². The Morgan fingerprint density at radius 3 is 2.41 bits per heavy atom. The van der Waals surface area contributed by atoms with Crippen molar-refractivity contribution in [3.63, 3.8) is 0 Å². The lowest BCUT2D eigenvalue weighted by molar-refractivity contribution is -0.00304. The molecule has 0 saturated heterocycles. The highest BCUT2D eigenvalue weighted by Gasteiger charge is 2.11. The molecule has 0 aromatic heterocycles. The number of aliphatic hydroxyl groups excluding tert-OH is 3. The summed E-state index contributed by atoms with van der Waals surface area (Å²) in [6.45, 7) is 0.574. The van der Waals surface area contributed by atoms with Gasteiger partial charge in [0.25, 0.3) is 0 Å². The van der Waals surface area contributed by atoms with Crippen molar-refractivity contribution in [3.8, 4) is 0 Å². The van der Waals surface area contributed by atoms with Crippen LogP contribution >= 0.6 is 0 Å². The average Bonchev–Trinajstić information content (AvgIpc) is 2.30. The van der Waals surface area contributed by atoms with Crippen molar-refractivity contribution in [1.29, 1.82) is 0 Å². The Bertz CT molecular complexity index is 289. The first-order valence-corrected chi connectivity index (χ1v) is 5.81. The zero-order valence-electron chi connectivity index (χ0n) is 9.83. The lowest BCUT2D eigenvalue weighted by Crippen LogP contribution is -2.23. The second kappa shape index (κ2) is 8.20. The highest BCUT2D eigenvalue weighted by molar-refractivity contribution is 5.13. The maximum Gasteiger partial charge on any atom is 0.0798 e. The van der Waals surface area contributed by atoms with E-state index in [9.17, 15) is 10.2 Å². The second-order valence-corrected chi connectivity index (χ2v) is 4.06. The fraction of sp³-hybridized carbons (Fsp3) is 0.538. The van der Waals surface area contributed by atoms with Crippen LogP contribution in [0.4, 0.5) is 0 Å². The summed E-state index contributed by atoms with van der Waals surface area (Å²) in [6.07, 6.45) is -0.846. The van der Waals surface area contributed by atoms with Gasteiger partial charge in [-0.05, 0) is 12.0 Å². The smallest absolute Gasteiger partial charge is 0.0798 e. The molecule has 17 heavy (non-hydrogen) atoms. The first-order chi connectivity index (χ1) is 8.22. The van der Waals surface area contributed by atoms with E-state index in [1.165, 1.54) is 0 Å². The van der Waals surface area contributed by atoms with E-state index in [0.717, 1.165) is 5.56 Å². The molecule has 0 fully saturated rings. The van der Waals surface area contributed by atoms with Crippen LogP contribution in [0.15, 0.2) is 30.3 Å². The van der Waals surface area contributed by atoms with E-state index >= 15 is 0 Å². The van der Waals surface area contributed by atoms with Crippen molar-refractivity contribution in [3.05, 3.63) is 35.9 Å². The van der Waals surface area contributed by atoms with E-state index in [-0.39, 0.29) is 26.1 Å². The normalized spacial score (nSPS) is 14.5. The predicted octanol–water partition coefficient (Wildman–Crippen LogP) is 0.697. The lowest BCUT2D eigenvalue weighted by Gasteiger charge is -2.15. The fourth-order valence-electron chi connectivity index (χ4n) is 1.54. The monoisotopic (exact) mass is 240 g/mol. The van der Waals surface area contributed by atoms with Crippen LogP contribution in [-0.2, 0) is 11.3 Å². The summed E-state index contributed by atoms with van der Waals surface area (Å²) in [7, 11) is 0. The van der Waals surface area contributed by atoms with Crippen LogP contribution in [-0.4, -0.2) is 40.7 Å². The fourth-order valence-corrected chi connectivity index (χ4v) is 1.54. The minimum atomic E-state index is -0.694.